The Morgan fingerprint density at radius 2 is 1.78 bits per heavy atom. The molecular weight excluding hydrogens is 347 g/mol. The van der Waals surface area contributed by atoms with Crippen LogP contribution < -0.4 is 5.32 Å². The Kier molecular flexibility index (Phi) is 5.26. The van der Waals surface area contributed by atoms with Crippen LogP contribution in [0.5, 0.6) is 0 Å². The maximum Gasteiger partial charge on any atom is 0.326 e. The molecule has 0 saturated carbocycles. The fourth-order valence-corrected chi connectivity index (χ4v) is 3.08. The van der Waals surface area contributed by atoms with Gasteiger partial charge in [-0.2, -0.15) is 0 Å². The Labute approximate surface area is 156 Å². The molecule has 3 aromatic rings. The quantitative estimate of drug-likeness (QED) is 0.697. The third-order valence-electron chi connectivity index (χ3n) is 4.52. The van der Waals surface area contributed by atoms with Gasteiger partial charge in [0.1, 0.15) is 11.9 Å². The van der Waals surface area contributed by atoms with Crippen molar-refractivity contribution in [1.82, 2.24) is 9.88 Å². The number of aromatic nitrogens is 1. The molecule has 2 aromatic carbocycles. The molecule has 0 aliphatic rings. The van der Waals surface area contributed by atoms with Crippen LogP contribution in [0.1, 0.15) is 29.8 Å². The number of benzene rings is 2. The number of nitrogens with zero attached hydrogens (tertiary/aromatic N) is 1. The van der Waals surface area contributed by atoms with Crippen molar-refractivity contribution in [1.29, 1.82) is 0 Å². The second-order valence-electron chi connectivity index (χ2n) is 6.85. The van der Waals surface area contributed by atoms with Gasteiger partial charge in [-0.25, -0.2) is 9.18 Å². The molecule has 0 bridgehead atoms. The van der Waals surface area contributed by atoms with E-state index in [1.807, 2.05) is 28.8 Å². The zero-order valence-corrected chi connectivity index (χ0v) is 15.1. The van der Waals surface area contributed by atoms with E-state index in [0.717, 1.165) is 16.5 Å². The van der Waals surface area contributed by atoms with E-state index in [2.05, 4.69) is 5.32 Å². The number of hydrogen-bond donors (Lipinski definition) is 2. The molecule has 2 N–H and O–H groups in total. The van der Waals surface area contributed by atoms with Gasteiger partial charge in [-0.15, -0.1) is 0 Å². The number of rotatable bonds is 6. The Balaban J connectivity index is 1.95. The molecule has 140 valence electrons. The van der Waals surface area contributed by atoms with Gasteiger partial charge in [0.05, 0.1) is 5.56 Å². The van der Waals surface area contributed by atoms with Crippen molar-refractivity contribution in [2.45, 2.75) is 26.4 Å². The Hall–Kier alpha value is -3.15. The molecule has 6 heteroatoms. The fourth-order valence-electron chi connectivity index (χ4n) is 3.08. The summed E-state index contributed by atoms with van der Waals surface area (Å²) in [7, 11) is 0. The van der Waals surface area contributed by atoms with E-state index in [4.69, 9.17) is 0 Å². The fraction of sp³-hybridized carbons (Fsp3) is 0.238. The highest BCUT2D eigenvalue weighted by molar-refractivity contribution is 6.08. The lowest BCUT2D eigenvalue weighted by Gasteiger charge is -2.17. The minimum Gasteiger partial charge on any atom is -0.480 e. The first-order chi connectivity index (χ1) is 12.9. The van der Waals surface area contributed by atoms with Gasteiger partial charge < -0.3 is 15.0 Å². The molecule has 0 spiro atoms. The molecule has 1 aromatic heterocycles. The standard InChI is InChI=1S/C21H21FN2O3/c1-13(2)19(21(26)27)23-20(25)17-12-24(18-6-4-3-5-16(17)18)11-14-7-9-15(22)10-8-14/h3-10,12-13,19H,11H2,1-2H3,(H,23,25)(H,26,27)/t19-/m0/s1. The van der Waals surface area contributed by atoms with Crippen LogP contribution in [-0.4, -0.2) is 27.6 Å². The molecule has 1 amide bonds. The lowest BCUT2D eigenvalue weighted by atomic mass is 10.0. The number of carbonyl (C=O) groups is 2. The number of carbonyl (C=O) groups excluding carboxylic acids is 1. The number of halogens is 1. The molecule has 0 aliphatic carbocycles. The molecule has 0 unspecified atom stereocenters. The van der Waals surface area contributed by atoms with Crippen LogP contribution >= 0.6 is 0 Å². The normalized spacial score (nSPS) is 12.3. The summed E-state index contributed by atoms with van der Waals surface area (Å²) in [4.78, 5) is 24.1. The highest BCUT2D eigenvalue weighted by Crippen LogP contribution is 2.23. The topological polar surface area (TPSA) is 71.3 Å². The molecule has 0 fully saturated rings. The maximum absolute atomic E-state index is 13.1. The highest BCUT2D eigenvalue weighted by Gasteiger charge is 2.25. The summed E-state index contributed by atoms with van der Waals surface area (Å²) in [6.45, 7) is 3.97. The Morgan fingerprint density at radius 3 is 2.41 bits per heavy atom. The lowest BCUT2D eigenvalue weighted by molar-refractivity contribution is -0.140. The molecule has 1 heterocycles. The van der Waals surface area contributed by atoms with E-state index in [1.54, 1.807) is 32.2 Å². The largest absolute Gasteiger partial charge is 0.480 e. The van der Waals surface area contributed by atoms with Crippen LogP contribution in [0.15, 0.2) is 54.7 Å². The Morgan fingerprint density at radius 1 is 1.11 bits per heavy atom. The molecule has 0 saturated heterocycles. The van der Waals surface area contributed by atoms with Gasteiger partial charge in [-0.3, -0.25) is 4.79 Å². The van der Waals surface area contributed by atoms with Crippen molar-refractivity contribution in [3.05, 3.63) is 71.7 Å². The van der Waals surface area contributed by atoms with Crippen LogP contribution in [0.4, 0.5) is 4.39 Å². The summed E-state index contributed by atoms with van der Waals surface area (Å²) in [6.07, 6.45) is 1.71. The van der Waals surface area contributed by atoms with Crippen LogP contribution in [0, 0.1) is 11.7 Å². The second kappa shape index (κ2) is 7.61. The van der Waals surface area contributed by atoms with Gasteiger partial charge in [0.2, 0.25) is 0 Å². The van der Waals surface area contributed by atoms with Crippen molar-refractivity contribution < 1.29 is 19.1 Å². The van der Waals surface area contributed by atoms with Crippen molar-refractivity contribution >= 4 is 22.8 Å². The highest BCUT2D eigenvalue weighted by atomic mass is 19.1. The second-order valence-corrected chi connectivity index (χ2v) is 6.85. The molecule has 3 rings (SSSR count). The van der Waals surface area contributed by atoms with E-state index in [-0.39, 0.29) is 11.7 Å². The molecule has 5 nitrogen and oxygen atoms in total. The molecule has 0 aliphatic heterocycles. The lowest BCUT2D eigenvalue weighted by Crippen LogP contribution is -2.44. The monoisotopic (exact) mass is 368 g/mol. The van der Waals surface area contributed by atoms with E-state index < -0.39 is 17.9 Å². The maximum atomic E-state index is 13.1. The number of nitrogens with one attached hydrogen (secondary N) is 1. The van der Waals surface area contributed by atoms with Gasteiger partial charge in [0.25, 0.3) is 5.91 Å². The van der Waals surface area contributed by atoms with Crippen LogP contribution in [-0.2, 0) is 11.3 Å². The summed E-state index contributed by atoms with van der Waals surface area (Å²) in [5.74, 6) is -2.03. The first kappa shape index (κ1) is 18.6. The number of hydrogen-bond acceptors (Lipinski definition) is 2. The van der Waals surface area contributed by atoms with Crippen molar-refractivity contribution in [3.63, 3.8) is 0 Å². The molecule has 27 heavy (non-hydrogen) atoms. The van der Waals surface area contributed by atoms with Crippen LogP contribution in [0.3, 0.4) is 0 Å². The van der Waals surface area contributed by atoms with Crippen molar-refractivity contribution in [3.8, 4) is 0 Å². The SMILES string of the molecule is CC(C)[C@H](NC(=O)c1cn(Cc2ccc(F)cc2)c2ccccc12)C(=O)O. The molecule has 0 radical (unpaired) electrons. The van der Waals surface area contributed by atoms with E-state index >= 15 is 0 Å². The zero-order valence-electron chi connectivity index (χ0n) is 15.1. The van der Waals surface area contributed by atoms with E-state index in [9.17, 15) is 19.1 Å². The third-order valence-corrected chi connectivity index (χ3v) is 4.52. The van der Waals surface area contributed by atoms with Crippen LogP contribution in [0.25, 0.3) is 10.9 Å². The van der Waals surface area contributed by atoms with Gasteiger partial charge in [-0.05, 0) is 29.7 Å². The number of carboxylic acids is 1. The predicted molar refractivity (Wildman–Crippen MR) is 101 cm³/mol. The third kappa shape index (κ3) is 4.00. The summed E-state index contributed by atoms with van der Waals surface area (Å²) in [5, 5.41) is 12.7. The first-order valence-corrected chi connectivity index (χ1v) is 8.73. The number of para-hydroxylation sites is 1. The summed E-state index contributed by atoms with van der Waals surface area (Å²) in [6, 6.07) is 12.7. The van der Waals surface area contributed by atoms with E-state index in [1.165, 1.54) is 12.1 Å². The molecule has 1 atom stereocenters. The van der Waals surface area contributed by atoms with E-state index in [0.29, 0.717) is 12.1 Å². The summed E-state index contributed by atoms with van der Waals surface area (Å²) >= 11 is 0. The number of aliphatic carboxylic acids is 1. The van der Waals surface area contributed by atoms with Gasteiger partial charge in [0, 0.05) is 23.6 Å². The smallest absolute Gasteiger partial charge is 0.326 e. The number of carboxylic acid groups (broad SMARTS) is 1. The molecular formula is C21H21FN2O3. The average molecular weight is 368 g/mol. The van der Waals surface area contributed by atoms with Gasteiger partial charge in [-0.1, -0.05) is 44.2 Å². The minimum atomic E-state index is -1.06. The van der Waals surface area contributed by atoms with Crippen LogP contribution in [0.2, 0.25) is 0 Å². The predicted octanol–water partition coefficient (Wildman–Crippen LogP) is 3.67. The minimum absolute atomic E-state index is 0.237. The number of fused-ring (bicyclic) bond motifs is 1. The van der Waals surface area contributed by atoms with Gasteiger partial charge >= 0.3 is 5.97 Å². The summed E-state index contributed by atoms with van der Waals surface area (Å²) in [5.41, 5.74) is 2.16. The summed E-state index contributed by atoms with van der Waals surface area (Å²) < 4.78 is 15.0. The Bertz CT molecular complexity index is 977. The number of amides is 1. The van der Waals surface area contributed by atoms with Crippen molar-refractivity contribution in [2.75, 3.05) is 0 Å². The first-order valence-electron chi connectivity index (χ1n) is 8.73. The zero-order chi connectivity index (χ0) is 19.6. The average Bonchev–Trinajstić information content (AvgIpc) is 3.00. The van der Waals surface area contributed by atoms with Gasteiger partial charge in [0.15, 0.2) is 0 Å². The van der Waals surface area contributed by atoms with Crippen molar-refractivity contribution in [2.24, 2.45) is 5.92 Å².